The number of fused-ring (bicyclic) bond motifs is 2. The zero-order chi connectivity index (χ0) is 40.3. The molecule has 5 aromatic rings. The van der Waals surface area contributed by atoms with Gasteiger partial charge in [0.15, 0.2) is 5.13 Å². The van der Waals surface area contributed by atoms with E-state index in [4.69, 9.17) is 16.6 Å². The number of hydrogen-bond donors (Lipinski definition) is 3. The normalized spacial score (nSPS) is 18.1. The minimum atomic E-state index is -0.466. The quantitative estimate of drug-likeness (QED) is 0.142. The Hall–Kier alpha value is -5.58. The van der Waals surface area contributed by atoms with Gasteiger partial charge in [0.2, 0.25) is 5.91 Å². The molecular formula is C41H46ClN11O4S. The number of likely N-dealkylation sites (tertiary alicyclic amines) is 1. The molecule has 17 heteroatoms. The van der Waals surface area contributed by atoms with Gasteiger partial charge in [-0.2, -0.15) is 0 Å². The number of aromatic amines is 1. The van der Waals surface area contributed by atoms with Gasteiger partial charge in [0.1, 0.15) is 22.3 Å². The first-order valence-electron chi connectivity index (χ1n) is 19.7. The number of halogens is 1. The molecule has 0 saturated carbocycles. The summed E-state index contributed by atoms with van der Waals surface area (Å²) < 4.78 is 1.42. The molecule has 0 aliphatic carbocycles. The van der Waals surface area contributed by atoms with E-state index in [1.807, 2.05) is 56.3 Å². The molecule has 3 N–H and O–H groups in total. The lowest BCUT2D eigenvalue weighted by atomic mass is 10.1. The maximum absolute atomic E-state index is 13.3. The molecule has 3 aliphatic rings. The summed E-state index contributed by atoms with van der Waals surface area (Å²) >= 11 is 7.54. The molecule has 302 valence electrons. The fourth-order valence-corrected chi connectivity index (χ4v) is 9.18. The Balaban J connectivity index is 0.767. The lowest BCUT2D eigenvalue weighted by Crippen LogP contribution is -2.55. The predicted octanol–water partition coefficient (Wildman–Crippen LogP) is 5.21. The standard InChI is InChI=1S/C41H46ClN11O4S/c1-26-6-5-7-32(42)38(26)48-39(56)33-23-43-40(58-33)46-34-22-35(45-27(2)44-34)50-20-18-49(19-21-50)16-4-3-8-37(55)51-24-30-13-14-31(25-51)53(30)29-11-9-28(10-12-29)52-17-15-36(54)47-41(52)57/h5-7,9-12,15,17,22-23,30-31H,3-4,8,13-14,16,18-21,24-25H2,1-2H3,(H,48,56)(H,47,54,57)(H,43,44,45,46). The highest BCUT2D eigenvalue weighted by molar-refractivity contribution is 7.17. The molecule has 2 bridgehead atoms. The van der Waals surface area contributed by atoms with Crippen LogP contribution in [0.1, 0.15) is 53.2 Å². The van der Waals surface area contributed by atoms with E-state index >= 15 is 0 Å². The van der Waals surface area contributed by atoms with E-state index in [2.05, 4.69) is 45.2 Å². The molecule has 3 aromatic heterocycles. The zero-order valence-electron chi connectivity index (χ0n) is 32.5. The highest BCUT2D eigenvalue weighted by atomic mass is 35.5. The van der Waals surface area contributed by atoms with Crippen molar-refractivity contribution >= 4 is 62.9 Å². The van der Waals surface area contributed by atoms with E-state index in [1.165, 1.54) is 34.4 Å². The Morgan fingerprint density at radius 2 is 1.67 bits per heavy atom. The smallest absolute Gasteiger partial charge is 0.332 e. The van der Waals surface area contributed by atoms with Gasteiger partial charge in [-0.15, -0.1) is 0 Å². The van der Waals surface area contributed by atoms with E-state index < -0.39 is 11.2 Å². The number of nitrogens with one attached hydrogen (secondary N) is 3. The average Bonchev–Trinajstić information content (AvgIpc) is 3.78. The average molecular weight is 824 g/mol. The summed E-state index contributed by atoms with van der Waals surface area (Å²) in [6, 6.07) is 17.1. The van der Waals surface area contributed by atoms with Crippen molar-refractivity contribution in [3.63, 3.8) is 0 Å². The third-order valence-electron chi connectivity index (χ3n) is 11.1. The number of aromatic nitrogens is 5. The first-order chi connectivity index (χ1) is 28.1. The molecule has 0 radical (unpaired) electrons. The lowest BCUT2D eigenvalue weighted by Gasteiger charge is -2.42. The van der Waals surface area contributed by atoms with Gasteiger partial charge >= 0.3 is 5.69 Å². The maximum atomic E-state index is 13.3. The number of thiazole rings is 1. The van der Waals surface area contributed by atoms with E-state index in [9.17, 15) is 19.2 Å². The fourth-order valence-electron chi connectivity index (χ4n) is 8.19. The molecule has 6 heterocycles. The van der Waals surface area contributed by atoms with Crippen LogP contribution in [0.2, 0.25) is 5.02 Å². The van der Waals surface area contributed by atoms with Gasteiger partial charge < -0.3 is 25.3 Å². The Kier molecular flexibility index (Phi) is 11.6. The number of H-pyrrole nitrogens is 1. The third kappa shape index (κ3) is 8.78. The SMILES string of the molecule is Cc1nc(Nc2ncc(C(=O)Nc3c(C)cccc3Cl)s2)cc(N2CCN(CCCCC(=O)N3CC4CCC(C3)N4c3ccc(-n4ccc(=O)[nH]c4=O)cc3)CC2)n1. The summed E-state index contributed by atoms with van der Waals surface area (Å²) in [5.74, 6) is 2.06. The number of carbonyl (C=O) groups is 2. The molecule has 15 nitrogen and oxygen atoms in total. The van der Waals surface area contributed by atoms with Gasteiger partial charge in [0, 0.05) is 81.8 Å². The summed E-state index contributed by atoms with van der Waals surface area (Å²) in [4.78, 5) is 75.6. The lowest BCUT2D eigenvalue weighted by molar-refractivity contribution is -0.132. The van der Waals surface area contributed by atoms with Crippen molar-refractivity contribution in [3.05, 3.63) is 109 Å². The number of aryl methyl sites for hydroxylation is 2. The Labute approximate surface area is 344 Å². The number of amides is 2. The fraction of sp³-hybridized carbons (Fsp3) is 0.390. The van der Waals surface area contributed by atoms with Crippen LogP contribution in [0.5, 0.6) is 0 Å². The Morgan fingerprint density at radius 1 is 0.931 bits per heavy atom. The molecule has 3 saturated heterocycles. The van der Waals surface area contributed by atoms with E-state index in [1.54, 1.807) is 6.07 Å². The topological polar surface area (TPSA) is 165 Å². The van der Waals surface area contributed by atoms with Gasteiger partial charge in [0.05, 0.1) is 22.6 Å². The number of nitrogens with zero attached hydrogens (tertiary/aromatic N) is 8. The van der Waals surface area contributed by atoms with Crippen molar-refractivity contribution in [2.45, 2.75) is 58.0 Å². The van der Waals surface area contributed by atoms with E-state index in [0.29, 0.717) is 44.5 Å². The molecule has 2 atom stereocenters. The number of piperazine rings is 2. The molecule has 2 amide bonds. The van der Waals surface area contributed by atoms with Gasteiger partial charge in [-0.3, -0.25) is 28.8 Å². The summed E-state index contributed by atoms with van der Waals surface area (Å²) in [7, 11) is 0. The van der Waals surface area contributed by atoms with Crippen molar-refractivity contribution in [2.75, 3.05) is 66.2 Å². The summed E-state index contributed by atoms with van der Waals surface area (Å²) in [6.45, 7) is 9.64. The number of anilines is 5. The first kappa shape index (κ1) is 39.3. The van der Waals surface area contributed by atoms with Crippen LogP contribution in [0.25, 0.3) is 5.69 Å². The third-order valence-corrected chi connectivity index (χ3v) is 12.4. The van der Waals surface area contributed by atoms with Crippen molar-refractivity contribution < 1.29 is 9.59 Å². The molecular weight excluding hydrogens is 778 g/mol. The largest absolute Gasteiger partial charge is 0.362 e. The summed E-state index contributed by atoms with van der Waals surface area (Å²) in [6.07, 6.45) is 7.51. The second kappa shape index (κ2) is 17.1. The van der Waals surface area contributed by atoms with Crippen LogP contribution in [0.3, 0.4) is 0 Å². The minimum Gasteiger partial charge on any atom is -0.362 e. The van der Waals surface area contributed by atoms with Crippen LogP contribution in [0, 0.1) is 13.8 Å². The number of para-hydroxylation sites is 1. The molecule has 8 rings (SSSR count). The van der Waals surface area contributed by atoms with Crippen LogP contribution >= 0.6 is 22.9 Å². The Bertz CT molecular complexity index is 2380. The van der Waals surface area contributed by atoms with Gasteiger partial charge in [-0.25, -0.2) is 19.7 Å². The van der Waals surface area contributed by atoms with Crippen LogP contribution in [-0.2, 0) is 4.79 Å². The van der Waals surface area contributed by atoms with Crippen molar-refractivity contribution in [1.82, 2.24) is 34.3 Å². The van der Waals surface area contributed by atoms with Gasteiger partial charge in [-0.1, -0.05) is 35.1 Å². The van der Waals surface area contributed by atoms with Crippen LogP contribution in [-0.4, -0.2) is 104 Å². The van der Waals surface area contributed by atoms with E-state index in [0.717, 1.165) is 88.6 Å². The Morgan fingerprint density at radius 3 is 2.40 bits per heavy atom. The number of hydrogen-bond acceptors (Lipinski definition) is 12. The molecule has 3 aliphatic heterocycles. The van der Waals surface area contributed by atoms with Crippen LogP contribution in [0.15, 0.2) is 76.6 Å². The number of rotatable bonds is 12. The van der Waals surface area contributed by atoms with E-state index in [-0.39, 0.29) is 23.9 Å². The van der Waals surface area contributed by atoms with Crippen molar-refractivity contribution in [2.24, 2.45) is 0 Å². The highest BCUT2D eigenvalue weighted by Crippen LogP contribution is 2.36. The van der Waals surface area contributed by atoms with Crippen LogP contribution < -0.4 is 31.7 Å². The molecule has 58 heavy (non-hydrogen) atoms. The highest BCUT2D eigenvalue weighted by Gasteiger charge is 2.41. The number of unbranched alkanes of at least 4 members (excludes halogenated alkanes) is 1. The molecule has 2 unspecified atom stereocenters. The maximum Gasteiger partial charge on any atom is 0.332 e. The number of carbonyl (C=O) groups excluding carboxylic acids is 2. The molecule has 2 aromatic carbocycles. The molecule has 0 spiro atoms. The van der Waals surface area contributed by atoms with Gasteiger partial charge in [-0.05, 0) is 82.0 Å². The van der Waals surface area contributed by atoms with Gasteiger partial charge in [0.25, 0.3) is 11.5 Å². The monoisotopic (exact) mass is 823 g/mol. The molecule has 3 fully saturated rings. The predicted molar refractivity (Wildman–Crippen MR) is 227 cm³/mol. The second-order valence-electron chi connectivity index (χ2n) is 15.1. The minimum absolute atomic E-state index is 0.238. The van der Waals surface area contributed by atoms with Crippen molar-refractivity contribution in [1.29, 1.82) is 0 Å². The summed E-state index contributed by atoms with van der Waals surface area (Å²) in [5.41, 5.74) is 2.36. The second-order valence-corrected chi connectivity index (χ2v) is 16.5. The zero-order valence-corrected chi connectivity index (χ0v) is 34.1. The summed E-state index contributed by atoms with van der Waals surface area (Å²) in [5, 5.41) is 7.18. The van der Waals surface area contributed by atoms with Crippen LogP contribution in [0.4, 0.5) is 28.1 Å². The van der Waals surface area contributed by atoms with Crippen molar-refractivity contribution in [3.8, 4) is 5.69 Å². The first-order valence-corrected chi connectivity index (χ1v) is 20.9. The number of benzene rings is 2.